The molecule has 0 N–H and O–H groups in total. The van der Waals surface area contributed by atoms with Gasteiger partial charge in [-0.1, -0.05) is 30.1 Å². The lowest BCUT2D eigenvalue weighted by Crippen LogP contribution is -2.35. The smallest absolute Gasteiger partial charge is 0.239 e. The number of alkyl halides is 2. The van der Waals surface area contributed by atoms with Crippen molar-refractivity contribution in [1.29, 1.82) is 0 Å². The fourth-order valence-electron chi connectivity index (χ4n) is 1.15. The normalized spacial score (nSPS) is 15.2. The van der Waals surface area contributed by atoms with Crippen LogP contribution in [-0.2, 0) is 9.84 Å². The van der Waals surface area contributed by atoms with Gasteiger partial charge in [0.1, 0.15) is 0 Å². The zero-order valence-corrected chi connectivity index (χ0v) is 15.2. The minimum Gasteiger partial charge on any atom is -0.290 e. The number of rotatable bonds is 4. The highest BCUT2D eigenvalue weighted by molar-refractivity contribution is 14.1. The molecule has 1 rings (SSSR count). The molecule has 18 heavy (non-hydrogen) atoms. The highest BCUT2D eigenvalue weighted by atomic mass is 127. The maximum absolute atomic E-state index is 12.2. The molecule has 8 heteroatoms. The monoisotopic (exact) mass is 484 g/mol. The van der Waals surface area contributed by atoms with Gasteiger partial charge >= 0.3 is 0 Å². The molecule has 0 heterocycles. The van der Waals surface area contributed by atoms with Crippen molar-refractivity contribution in [3.63, 3.8) is 0 Å². The molecule has 0 saturated heterocycles. The van der Waals surface area contributed by atoms with Crippen molar-refractivity contribution in [2.45, 2.75) is 8.59 Å². The molecule has 1 aromatic rings. The summed E-state index contributed by atoms with van der Waals surface area (Å²) in [7, 11) is -3.61. The molecule has 0 aromatic heterocycles. The first-order chi connectivity index (χ1) is 8.13. The average Bonchev–Trinajstić information content (AvgIpc) is 2.28. The molecule has 100 valence electrons. The summed E-state index contributed by atoms with van der Waals surface area (Å²) >= 11 is 16.2. The van der Waals surface area contributed by atoms with Gasteiger partial charge in [-0.3, -0.25) is 4.79 Å². The lowest BCUT2D eigenvalue weighted by atomic mass is 10.1. The lowest BCUT2D eigenvalue weighted by molar-refractivity contribution is 0.101. The van der Waals surface area contributed by atoms with Gasteiger partial charge in [0.25, 0.3) is 0 Å². The van der Waals surface area contributed by atoms with Crippen molar-refractivity contribution in [2.24, 2.45) is 0 Å². The van der Waals surface area contributed by atoms with E-state index in [2.05, 4.69) is 15.9 Å². The van der Waals surface area contributed by atoms with Crippen LogP contribution in [0.25, 0.3) is 0 Å². The number of Topliss-reactive ketones (excluding diaryl/α,β-unsaturated/α-hetero) is 1. The van der Waals surface area contributed by atoms with E-state index in [1.165, 1.54) is 25.1 Å². The van der Waals surface area contributed by atoms with Crippen LogP contribution in [0.15, 0.2) is 18.2 Å². The third kappa shape index (κ3) is 3.20. The summed E-state index contributed by atoms with van der Waals surface area (Å²) in [5.74, 6) is -0.773. The molecule has 0 amide bonds. The standard InChI is InChI=1S/C10H8BrCl2IO3S/c1-2-18(16,17)10(11,14)9(15)7-4-3-6(12)5-8(7)13/h3-5H,2H2,1H3. The molecule has 0 bridgehead atoms. The number of hydrogen-bond acceptors (Lipinski definition) is 3. The largest absolute Gasteiger partial charge is 0.290 e. The minimum atomic E-state index is -3.61. The summed E-state index contributed by atoms with van der Waals surface area (Å²) in [6.07, 6.45) is 0. The number of halogens is 4. The van der Waals surface area contributed by atoms with Crippen molar-refractivity contribution >= 4 is 77.3 Å². The first-order valence-electron chi connectivity index (χ1n) is 4.73. The first kappa shape index (κ1) is 16.7. The fourth-order valence-corrected chi connectivity index (χ4v) is 4.53. The quantitative estimate of drug-likeness (QED) is 0.366. The minimum absolute atomic E-state index is 0.115. The van der Waals surface area contributed by atoms with Gasteiger partial charge in [0, 0.05) is 10.6 Å². The number of ketones is 1. The van der Waals surface area contributed by atoms with Crippen LogP contribution < -0.4 is 0 Å². The van der Waals surface area contributed by atoms with E-state index < -0.39 is 17.3 Å². The van der Waals surface area contributed by atoms with Crippen molar-refractivity contribution in [1.82, 2.24) is 0 Å². The van der Waals surface area contributed by atoms with E-state index in [4.69, 9.17) is 23.2 Å². The second-order valence-corrected chi connectivity index (χ2v) is 12.2. The van der Waals surface area contributed by atoms with E-state index in [1.54, 1.807) is 22.6 Å². The summed E-state index contributed by atoms with van der Waals surface area (Å²) in [5.41, 5.74) is 0.115. The Morgan fingerprint density at radius 3 is 2.44 bits per heavy atom. The number of carbonyl (C=O) groups is 1. The maximum atomic E-state index is 12.2. The van der Waals surface area contributed by atoms with Crippen molar-refractivity contribution in [3.05, 3.63) is 33.8 Å². The zero-order valence-electron chi connectivity index (χ0n) is 9.08. The predicted octanol–water partition coefficient (Wildman–Crippen LogP) is 4.09. The second kappa shape index (κ2) is 5.95. The van der Waals surface area contributed by atoms with Gasteiger partial charge in [0.2, 0.25) is 7.45 Å². The van der Waals surface area contributed by atoms with Crippen LogP contribution in [-0.4, -0.2) is 21.6 Å². The topological polar surface area (TPSA) is 51.2 Å². The number of hydrogen-bond donors (Lipinski definition) is 0. The second-order valence-electron chi connectivity index (χ2n) is 3.37. The van der Waals surface area contributed by atoms with E-state index in [-0.39, 0.29) is 16.3 Å². The molecule has 1 unspecified atom stereocenters. The summed E-state index contributed by atoms with van der Waals surface area (Å²) in [5, 5.41) is 0.503. The van der Waals surface area contributed by atoms with Gasteiger partial charge in [-0.05, 0) is 56.7 Å². The molecule has 0 aliphatic rings. The SMILES string of the molecule is CCS(=O)(=O)C(Br)(I)C(=O)c1ccc(Cl)cc1Cl. The van der Waals surface area contributed by atoms with Gasteiger partial charge < -0.3 is 0 Å². The van der Waals surface area contributed by atoms with Crippen LogP contribution in [0.1, 0.15) is 17.3 Å². The van der Waals surface area contributed by atoms with E-state index in [1.807, 2.05) is 0 Å². The first-order valence-corrected chi connectivity index (χ1v) is 9.01. The third-order valence-corrected chi connectivity index (χ3v) is 8.83. The zero-order chi connectivity index (χ0) is 14.1. The van der Waals surface area contributed by atoms with Crippen LogP contribution >= 0.6 is 61.7 Å². The van der Waals surface area contributed by atoms with Gasteiger partial charge in [-0.15, -0.1) is 0 Å². The van der Waals surface area contributed by atoms with Crippen LogP contribution in [0.3, 0.4) is 0 Å². The van der Waals surface area contributed by atoms with Crippen molar-refractivity contribution in [3.8, 4) is 0 Å². The lowest BCUT2D eigenvalue weighted by Gasteiger charge is -2.19. The Morgan fingerprint density at radius 1 is 1.44 bits per heavy atom. The Balaban J connectivity index is 3.31. The molecule has 0 fully saturated rings. The van der Waals surface area contributed by atoms with Gasteiger partial charge in [-0.25, -0.2) is 8.42 Å². The predicted molar refractivity (Wildman–Crippen MR) is 85.9 cm³/mol. The highest BCUT2D eigenvalue weighted by Gasteiger charge is 2.45. The Labute approximate surface area is 137 Å². The van der Waals surface area contributed by atoms with Crippen molar-refractivity contribution < 1.29 is 13.2 Å². The molecule has 1 atom stereocenters. The summed E-state index contributed by atoms with van der Waals surface area (Å²) < 4.78 is 22.0. The summed E-state index contributed by atoms with van der Waals surface area (Å²) in [4.78, 5) is 12.2. The van der Waals surface area contributed by atoms with Crippen LogP contribution in [0, 0.1) is 0 Å². The van der Waals surface area contributed by atoms with Crippen molar-refractivity contribution in [2.75, 3.05) is 5.75 Å². The Kier molecular flexibility index (Phi) is 5.51. The number of carbonyl (C=O) groups excluding carboxylic acids is 1. The Morgan fingerprint density at radius 2 is 2.00 bits per heavy atom. The van der Waals surface area contributed by atoms with Crippen LogP contribution in [0.5, 0.6) is 0 Å². The molecule has 0 spiro atoms. The van der Waals surface area contributed by atoms with E-state index in [0.717, 1.165) is 0 Å². The molecule has 0 aliphatic carbocycles. The Hall–Kier alpha value is 0.630. The summed E-state index contributed by atoms with van der Waals surface area (Å²) in [6, 6.07) is 4.29. The molecule has 0 aliphatic heterocycles. The number of sulfone groups is 1. The fraction of sp³-hybridized carbons (Fsp3) is 0.300. The van der Waals surface area contributed by atoms with Gasteiger partial charge in [0.05, 0.1) is 10.8 Å². The van der Waals surface area contributed by atoms with E-state index in [0.29, 0.717) is 5.02 Å². The maximum Gasteiger partial charge on any atom is 0.239 e. The third-order valence-electron chi connectivity index (χ3n) is 2.21. The molecule has 0 radical (unpaired) electrons. The molecule has 0 saturated carbocycles. The van der Waals surface area contributed by atoms with E-state index >= 15 is 0 Å². The van der Waals surface area contributed by atoms with Crippen LogP contribution in [0.2, 0.25) is 10.0 Å². The highest BCUT2D eigenvalue weighted by Crippen LogP contribution is 2.39. The van der Waals surface area contributed by atoms with Crippen LogP contribution in [0.4, 0.5) is 0 Å². The Bertz CT molecular complexity index is 587. The molecular weight excluding hydrogens is 478 g/mol. The molecule has 1 aromatic carbocycles. The van der Waals surface area contributed by atoms with E-state index in [9.17, 15) is 13.2 Å². The number of benzene rings is 1. The van der Waals surface area contributed by atoms with Gasteiger partial charge in [-0.2, -0.15) is 0 Å². The molecule has 3 nitrogen and oxygen atoms in total. The van der Waals surface area contributed by atoms with Gasteiger partial charge in [0.15, 0.2) is 9.84 Å². The molecular formula is C10H8BrCl2IO3S. The average molecular weight is 486 g/mol. The summed E-state index contributed by atoms with van der Waals surface area (Å²) in [6.45, 7) is 1.47.